The second-order valence-corrected chi connectivity index (χ2v) is 4.66. The summed E-state index contributed by atoms with van der Waals surface area (Å²) in [5.41, 5.74) is 0.825. The molecule has 108 valence electrons. The molecule has 2 aromatic rings. The number of rotatable bonds is 5. The van der Waals surface area contributed by atoms with E-state index < -0.39 is 0 Å². The van der Waals surface area contributed by atoms with E-state index in [1.165, 1.54) is 13.2 Å². The molecule has 2 atom stereocenters. The van der Waals surface area contributed by atoms with Crippen LogP contribution < -0.4 is 10.1 Å². The third-order valence-corrected chi connectivity index (χ3v) is 3.09. The van der Waals surface area contributed by atoms with Crippen molar-refractivity contribution in [2.75, 3.05) is 7.11 Å². The lowest BCUT2D eigenvalue weighted by Crippen LogP contribution is -2.22. The Bertz CT molecular complexity index is 586. The molecule has 2 rings (SSSR count). The maximum Gasteiger partial charge on any atom is 0.233 e. The number of halogens is 1. The van der Waals surface area contributed by atoms with E-state index >= 15 is 0 Å². The largest absolute Gasteiger partial charge is 0.494 e. The lowest BCUT2D eigenvalue weighted by Gasteiger charge is -2.18. The summed E-state index contributed by atoms with van der Waals surface area (Å²) in [7, 11) is 1.44. The fourth-order valence-electron chi connectivity index (χ4n) is 1.98. The molecule has 5 nitrogen and oxygen atoms in total. The number of aryl methyl sites for hydroxylation is 1. The number of benzene rings is 1. The molecule has 0 aliphatic heterocycles. The molecule has 0 unspecified atom stereocenters. The first-order valence-electron chi connectivity index (χ1n) is 6.40. The number of aromatic nitrogens is 2. The van der Waals surface area contributed by atoms with Crippen molar-refractivity contribution in [1.82, 2.24) is 15.5 Å². The molecule has 6 heteroatoms. The predicted octanol–water partition coefficient (Wildman–Crippen LogP) is 2.94. The van der Waals surface area contributed by atoms with Crippen LogP contribution in [0.2, 0.25) is 0 Å². The monoisotopic (exact) mass is 279 g/mol. The summed E-state index contributed by atoms with van der Waals surface area (Å²) in [5.74, 6) is 0.904. The molecule has 20 heavy (non-hydrogen) atoms. The van der Waals surface area contributed by atoms with Crippen LogP contribution in [-0.2, 0) is 0 Å². The standard InChI is InChI=1S/C14H18FN3O2/c1-8(11-5-6-13(19-4)12(15)7-11)16-9(2)14-18-17-10(3)20-14/h5-9,16H,1-4H3/t8-,9+/m1/s1. The van der Waals surface area contributed by atoms with Crippen molar-refractivity contribution in [2.45, 2.75) is 32.9 Å². The van der Waals surface area contributed by atoms with Gasteiger partial charge in [0.1, 0.15) is 0 Å². The number of hydrogen-bond acceptors (Lipinski definition) is 5. The van der Waals surface area contributed by atoms with Crippen LogP contribution >= 0.6 is 0 Å². The van der Waals surface area contributed by atoms with Gasteiger partial charge in [0.05, 0.1) is 13.2 Å². The zero-order valence-electron chi connectivity index (χ0n) is 12.0. The molecule has 1 aromatic carbocycles. The summed E-state index contributed by atoms with van der Waals surface area (Å²) >= 11 is 0. The van der Waals surface area contributed by atoms with Crippen LogP contribution in [-0.4, -0.2) is 17.3 Å². The van der Waals surface area contributed by atoms with E-state index in [9.17, 15) is 4.39 Å². The molecule has 0 fully saturated rings. The predicted molar refractivity (Wildman–Crippen MR) is 72.0 cm³/mol. The third kappa shape index (κ3) is 3.14. The number of hydrogen-bond donors (Lipinski definition) is 1. The van der Waals surface area contributed by atoms with Crippen molar-refractivity contribution in [3.05, 3.63) is 41.4 Å². The average Bonchev–Trinajstić information content (AvgIpc) is 2.85. The molecule has 0 bridgehead atoms. The van der Waals surface area contributed by atoms with Crippen molar-refractivity contribution in [3.8, 4) is 5.75 Å². The number of nitrogens with one attached hydrogen (secondary N) is 1. The minimum absolute atomic E-state index is 0.0578. The highest BCUT2D eigenvalue weighted by Gasteiger charge is 2.17. The van der Waals surface area contributed by atoms with E-state index in [0.717, 1.165) is 5.56 Å². The van der Waals surface area contributed by atoms with E-state index in [2.05, 4.69) is 15.5 Å². The first-order valence-corrected chi connectivity index (χ1v) is 6.40. The van der Waals surface area contributed by atoms with Crippen molar-refractivity contribution >= 4 is 0 Å². The van der Waals surface area contributed by atoms with Gasteiger partial charge in [-0.1, -0.05) is 6.07 Å². The van der Waals surface area contributed by atoms with E-state index in [1.54, 1.807) is 13.0 Å². The van der Waals surface area contributed by atoms with Gasteiger partial charge in [0.25, 0.3) is 0 Å². The Kier molecular flexibility index (Phi) is 4.34. The van der Waals surface area contributed by atoms with E-state index in [4.69, 9.17) is 9.15 Å². The third-order valence-electron chi connectivity index (χ3n) is 3.09. The topological polar surface area (TPSA) is 60.2 Å². The minimum Gasteiger partial charge on any atom is -0.494 e. The zero-order chi connectivity index (χ0) is 14.7. The summed E-state index contributed by atoms with van der Waals surface area (Å²) in [4.78, 5) is 0. The average molecular weight is 279 g/mol. The van der Waals surface area contributed by atoms with E-state index in [1.807, 2.05) is 19.9 Å². The lowest BCUT2D eigenvalue weighted by atomic mass is 10.1. The molecule has 0 saturated carbocycles. The van der Waals surface area contributed by atoms with Crippen LogP contribution in [0.3, 0.4) is 0 Å². The van der Waals surface area contributed by atoms with Gasteiger partial charge in [-0.05, 0) is 31.5 Å². The number of nitrogens with zero attached hydrogens (tertiary/aromatic N) is 2. The fraction of sp³-hybridized carbons (Fsp3) is 0.429. The zero-order valence-corrected chi connectivity index (χ0v) is 12.0. The smallest absolute Gasteiger partial charge is 0.233 e. The van der Waals surface area contributed by atoms with Gasteiger partial charge in [-0.2, -0.15) is 0 Å². The number of methoxy groups -OCH3 is 1. The van der Waals surface area contributed by atoms with Crippen LogP contribution in [0, 0.1) is 12.7 Å². The Morgan fingerprint density at radius 3 is 2.55 bits per heavy atom. The van der Waals surface area contributed by atoms with Gasteiger partial charge in [0.2, 0.25) is 11.8 Å². The van der Waals surface area contributed by atoms with Gasteiger partial charge in [-0.25, -0.2) is 4.39 Å². The molecule has 1 N–H and O–H groups in total. The second kappa shape index (κ2) is 6.00. The quantitative estimate of drug-likeness (QED) is 0.911. The van der Waals surface area contributed by atoms with Crippen LogP contribution in [0.5, 0.6) is 5.75 Å². The van der Waals surface area contributed by atoms with Gasteiger partial charge in [0, 0.05) is 13.0 Å². The van der Waals surface area contributed by atoms with E-state index in [-0.39, 0.29) is 23.7 Å². The summed E-state index contributed by atoms with van der Waals surface area (Å²) < 4.78 is 23.9. The summed E-state index contributed by atoms with van der Waals surface area (Å²) in [6, 6.07) is 4.73. The molecule has 0 spiro atoms. The highest BCUT2D eigenvalue weighted by molar-refractivity contribution is 5.30. The first kappa shape index (κ1) is 14.5. The highest BCUT2D eigenvalue weighted by Crippen LogP contribution is 2.23. The maximum absolute atomic E-state index is 13.7. The van der Waals surface area contributed by atoms with Crippen molar-refractivity contribution in [1.29, 1.82) is 0 Å². The highest BCUT2D eigenvalue weighted by atomic mass is 19.1. The SMILES string of the molecule is COc1ccc([C@@H](C)N[C@@H](C)c2nnc(C)o2)cc1F. The Morgan fingerprint density at radius 1 is 1.25 bits per heavy atom. The summed E-state index contributed by atoms with van der Waals surface area (Å²) in [6.45, 7) is 5.61. The minimum atomic E-state index is -0.375. The van der Waals surface area contributed by atoms with Crippen molar-refractivity contribution < 1.29 is 13.5 Å². The molecular formula is C14H18FN3O2. The Labute approximate surface area is 117 Å². The van der Waals surface area contributed by atoms with Gasteiger partial charge in [0.15, 0.2) is 11.6 Å². The molecular weight excluding hydrogens is 261 g/mol. The summed E-state index contributed by atoms with van der Waals surface area (Å²) in [6.07, 6.45) is 0. The molecule has 1 heterocycles. The lowest BCUT2D eigenvalue weighted by molar-refractivity contribution is 0.375. The van der Waals surface area contributed by atoms with E-state index in [0.29, 0.717) is 11.8 Å². The normalized spacial score (nSPS) is 14.1. The van der Waals surface area contributed by atoms with Gasteiger partial charge >= 0.3 is 0 Å². The Hall–Kier alpha value is -1.95. The molecule has 1 aromatic heterocycles. The molecule has 0 aliphatic carbocycles. The van der Waals surface area contributed by atoms with Crippen molar-refractivity contribution in [2.24, 2.45) is 0 Å². The number of ether oxygens (including phenoxy) is 1. The molecule has 0 saturated heterocycles. The Balaban J connectivity index is 2.07. The Morgan fingerprint density at radius 2 is 2.00 bits per heavy atom. The second-order valence-electron chi connectivity index (χ2n) is 4.66. The maximum atomic E-state index is 13.7. The fourth-order valence-corrected chi connectivity index (χ4v) is 1.98. The van der Waals surface area contributed by atoms with Gasteiger partial charge in [-0.3, -0.25) is 5.32 Å². The van der Waals surface area contributed by atoms with Gasteiger partial charge < -0.3 is 9.15 Å². The molecule has 0 amide bonds. The summed E-state index contributed by atoms with van der Waals surface area (Å²) in [5, 5.41) is 11.0. The molecule has 0 aliphatic rings. The van der Waals surface area contributed by atoms with Gasteiger partial charge in [-0.15, -0.1) is 10.2 Å². The van der Waals surface area contributed by atoms with Crippen LogP contribution in [0.4, 0.5) is 4.39 Å². The first-order chi connectivity index (χ1) is 9.51. The molecule has 0 radical (unpaired) electrons. The van der Waals surface area contributed by atoms with Crippen LogP contribution in [0.15, 0.2) is 22.6 Å². The van der Waals surface area contributed by atoms with Crippen LogP contribution in [0.1, 0.15) is 43.3 Å². The van der Waals surface area contributed by atoms with Crippen LogP contribution in [0.25, 0.3) is 0 Å². The van der Waals surface area contributed by atoms with Crippen molar-refractivity contribution in [3.63, 3.8) is 0 Å².